The molecule has 5 nitrogen and oxygen atoms in total. The zero-order valence-corrected chi connectivity index (χ0v) is 12.3. The number of nitrogens with zero attached hydrogens (tertiary/aromatic N) is 3. The van der Waals surface area contributed by atoms with Gasteiger partial charge in [-0.2, -0.15) is 0 Å². The van der Waals surface area contributed by atoms with Crippen LogP contribution in [0.1, 0.15) is 26.1 Å². The Bertz CT molecular complexity index is 400. The molecular formula is C14H24N4O. The molecule has 0 aliphatic heterocycles. The van der Waals surface area contributed by atoms with Crippen LogP contribution in [0.25, 0.3) is 0 Å². The molecule has 0 saturated heterocycles. The van der Waals surface area contributed by atoms with E-state index in [4.69, 9.17) is 4.74 Å². The molecule has 1 aliphatic carbocycles. The number of hydrogen-bond acceptors (Lipinski definition) is 5. The molecule has 2 rings (SSSR count). The van der Waals surface area contributed by atoms with Crippen molar-refractivity contribution in [3.63, 3.8) is 0 Å². The minimum atomic E-state index is 0.444. The van der Waals surface area contributed by atoms with Crippen LogP contribution in [-0.4, -0.2) is 37.2 Å². The molecule has 1 aromatic heterocycles. The van der Waals surface area contributed by atoms with E-state index in [9.17, 15) is 0 Å². The van der Waals surface area contributed by atoms with Crippen LogP contribution in [-0.2, 0) is 11.3 Å². The molecule has 19 heavy (non-hydrogen) atoms. The summed E-state index contributed by atoms with van der Waals surface area (Å²) in [4.78, 5) is 11.2. The molecule has 1 N–H and O–H groups in total. The third-order valence-electron chi connectivity index (χ3n) is 3.57. The Kier molecular flexibility index (Phi) is 4.58. The number of aromatic nitrogens is 2. The van der Waals surface area contributed by atoms with Crippen molar-refractivity contribution in [2.75, 3.05) is 37.5 Å². The summed E-state index contributed by atoms with van der Waals surface area (Å²) in [6, 6.07) is 2.01. The van der Waals surface area contributed by atoms with Crippen molar-refractivity contribution in [1.82, 2.24) is 9.97 Å². The highest BCUT2D eigenvalue weighted by molar-refractivity contribution is 5.49. The first kappa shape index (κ1) is 14.1. The zero-order valence-electron chi connectivity index (χ0n) is 12.3. The summed E-state index contributed by atoms with van der Waals surface area (Å²) in [6.45, 7) is 6.73. The van der Waals surface area contributed by atoms with Gasteiger partial charge in [0.25, 0.3) is 0 Å². The second-order valence-corrected chi connectivity index (χ2v) is 5.34. The topological polar surface area (TPSA) is 50.3 Å². The van der Waals surface area contributed by atoms with Gasteiger partial charge in [0, 0.05) is 33.3 Å². The average Bonchev–Trinajstić information content (AvgIpc) is 3.05. The fourth-order valence-corrected chi connectivity index (χ4v) is 2.24. The third kappa shape index (κ3) is 3.80. The standard InChI is InChI=1S/C14H24N4O/c1-5-15-12-7-14(17-13(16-12)9-19-4)18(3)8-11-6-10(11)2/h7,10-11H,5-6,8-9H2,1-4H3,(H,15,16,17). The number of nitrogens with one attached hydrogen (secondary N) is 1. The van der Waals surface area contributed by atoms with Crippen LogP contribution in [0.15, 0.2) is 6.07 Å². The predicted molar refractivity (Wildman–Crippen MR) is 77.4 cm³/mol. The summed E-state index contributed by atoms with van der Waals surface area (Å²) in [5.41, 5.74) is 0. The van der Waals surface area contributed by atoms with Gasteiger partial charge in [-0.1, -0.05) is 6.92 Å². The second-order valence-electron chi connectivity index (χ2n) is 5.34. The van der Waals surface area contributed by atoms with Crippen molar-refractivity contribution >= 4 is 11.6 Å². The minimum absolute atomic E-state index is 0.444. The molecule has 0 radical (unpaired) electrons. The third-order valence-corrected chi connectivity index (χ3v) is 3.57. The van der Waals surface area contributed by atoms with E-state index < -0.39 is 0 Å². The van der Waals surface area contributed by atoms with Gasteiger partial charge in [-0.05, 0) is 25.2 Å². The van der Waals surface area contributed by atoms with Crippen LogP contribution in [0, 0.1) is 11.8 Å². The summed E-state index contributed by atoms with van der Waals surface area (Å²) in [5.74, 6) is 4.24. The normalized spacial score (nSPS) is 21.3. The Hall–Kier alpha value is -1.36. The molecule has 1 aliphatic rings. The SMILES string of the molecule is CCNc1cc(N(C)CC2CC2C)nc(COC)n1. The highest BCUT2D eigenvalue weighted by atomic mass is 16.5. The molecule has 1 heterocycles. The molecule has 1 saturated carbocycles. The Labute approximate surface area is 115 Å². The lowest BCUT2D eigenvalue weighted by atomic mass is 10.3. The van der Waals surface area contributed by atoms with Crippen LogP contribution < -0.4 is 10.2 Å². The first-order chi connectivity index (χ1) is 9.13. The number of hydrogen-bond donors (Lipinski definition) is 1. The van der Waals surface area contributed by atoms with Crippen LogP contribution in [0.4, 0.5) is 11.6 Å². The van der Waals surface area contributed by atoms with Gasteiger partial charge in [-0.25, -0.2) is 9.97 Å². The Morgan fingerprint density at radius 2 is 2.21 bits per heavy atom. The maximum atomic E-state index is 5.13. The largest absolute Gasteiger partial charge is 0.377 e. The fourth-order valence-electron chi connectivity index (χ4n) is 2.24. The molecular weight excluding hydrogens is 240 g/mol. The average molecular weight is 264 g/mol. The Morgan fingerprint density at radius 3 is 2.79 bits per heavy atom. The molecule has 0 spiro atoms. The quantitative estimate of drug-likeness (QED) is 0.817. The monoisotopic (exact) mass is 264 g/mol. The van der Waals surface area contributed by atoms with Crippen LogP contribution in [0.3, 0.4) is 0 Å². The summed E-state index contributed by atoms with van der Waals surface area (Å²) >= 11 is 0. The lowest BCUT2D eigenvalue weighted by Gasteiger charge is -2.19. The molecule has 2 unspecified atom stereocenters. The molecule has 0 bridgehead atoms. The first-order valence-corrected chi connectivity index (χ1v) is 6.96. The Balaban J connectivity index is 2.12. The van der Waals surface area contributed by atoms with Crippen molar-refractivity contribution in [3.05, 3.63) is 11.9 Å². The van der Waals surface area contributed by atoms with Crippen LogP contribution >= 0.6 is 0 Å². The van der Waals surface area contributed by atoms with E-state index >= 15 is 0 Å². The molecule has 0 aromatic carbocycles. The lowest BCUT2D eigenvalue weighted by Crippen LogP contribution is -2.22. The molecule has 0 amide bonds. The lowest BCUT2D eigenvalue weighted by molar-refractivity contribution is 0.178. The molecule has 1 aromatic rings. The van der Waals surface area contributed by atoms with Gasteiger partial charge in [0.2, 0.25) is 0 Å². The van der Waals surface area contributed by atoms with Gasteiger partial charge in [-0.3, -0.25) is 0 Å². The molecule has 2 atom stereocenters. The van der Waals surface area contributed by atoms with Gasteiger partial charge in [0.15, 0.2) is 5.82 Å². The second kappa shape index (κ2) is 6.19. The van der Waals surface area contributed by atoms with E-state index in [2.05, 4.69) is 41.1 Å². The van der Waals surface area contributed by atoms with E-state index in [1.165, 1.54) is 6.42 Å². The first-order valence-electron chi connectivity index (χ1n) is 6.96. The number of rotatable bonds is 7. The van der Waals surface area contributed by atoms with E-state index in [0.717, 1.165) is 42.4 Å². The van der Waals surface area contributed by atoms with Crippen molar-refractivity contribution in [2.45, 2.75) is 26.9 Å². The smallest absolute Gasteiger partial charge is 0.158 e. The van der Waals surface area contributed by atoms with E-state index in [0.29, 0.717) is 6.61 Å². The maximum absolute atomic E-state index is 5.13. The van der Waals surface area contributed by atoms with E-state index in [1.54, 1.807) is 7.11 Å². The number of ether oxygens (including phenoxy) is 1. The van der Waals surface area contributed by atoms with Crippen molar-refractivity contribution in [3.8, 4) is 0 Å². The van der Waals surface area contributed by atoms with Gasteiger partial charge < -0.3 is 15.0 Å². The summed E-state index contributed by atoms with van der Waals surface area (Å²) < 4.78 is 5.13. The summed E-state index contributed by atoms with van der Waals surface area (Å²) in [7, 11) is 3.76. The van der Waals surface area contributed by atoms with Crippen LogP contribution in [0.2, 0.25) is 0 Å². The van der Waals surface area contributed by atoms with Crippen molar-refractivity contribution in [1.29, 1.82) is 0 Å². The van der Waals surface area contributed by atoms with Gasteiger partial charge in [-0.15, -0.1) is 0 Å². The molecule has 5 heteroatoms. The maximum Gasteiger partial charge on any atom is 0.158 e. The minimum Gasteiger partial charge on any atom is -0.377 e. The van der Waals surface area contributed by atoms with E-state index in [1.807, 2.05) is 6.07 Å². The zero-order chi connectivity index (χ0) is 13.8. The highest BCUT2D eigenvalue weighted by Crippen LogP contribution is 2.38. The van der Waals surface area contributed by atoms with Crippen LogP contribution in [0.5, 0.6) is 0 Å². The number of methoxy groups -OCH3 is 1. The van der Waals surface area contributed by atoms with Crippen molar-refractivity contribution in [2.24, 2.45) is 11.8 Å². The summed E-state index contributed by atoms with van der Waals surface area (Å²) in [5, 5.41) is 3.25. The van der Waals surface area contributed by atoms with Gasteiger partial charge in [0.05, 0.1) is 0 Å². The van der Waals surface area contributed by atoms with E-state index in [-0.39, 0.29) is 0 Å². The molecule has 1 fully saturated rings. The number of anilines is 2. The van der Waals surface area contributed by atoms with Gasteiger partial charge in [0.1, 0.15) is 18.2 Å². The highest BCUT2D eigenvalue weighted by Gasteiger charge is 2.33. The summed E-state index contributed by atoms with van der Waals surface area (Å²) in [6.07, 6.45) is 1.33. The van der Waals surface area contributed by atoms with Crippen molar-refractivity contribution < 1.29 is 4.74 Å². The predicted octanol–water partition coefficient (Wildman–Crippen LogP) is 2.15. The Morgan fingerprint density at radius 1 is 1.47 bits per heavy atom. The molecule has 106 valence electrons. The fraction of sp³-hybridized carbons (Fsp3) is 0.714. The van der Waals surface area contributed by atoms with Gasteiger partial charge >= 0.3 is 0 Å².